The van der Waals surface area contributed by atoms with Gasteiger partial charge in [0.2, 0.25) is 10.0 Å². The van der Waals surface area contributed by atoms with Gasteiger partial charge in [0.15, 0.2) is 0 Å². The minimum Gasteiger partial charge on any atom is -0.492 e. The van der Waals surface area contributed by atoms with E-state index in [4.69, 9.17) is 13.9 Å². The number of sulfonamides is 1. The van der Waals surface area contributed by atoms with Crippen molar-refractivity contribution in [3.05, 3.63) is 66.2 Å². The van der Waals surface area contributed by atoms with Gasteiger partial charge < -0.3 is 24.3 Å². The van der Waals surface area contributed by atoms with E-state index in [-0.39, 0.29) is 6.54 Å². The molecular weight excluding hydrogens is 456 g/mol. The van der Waals surface area contributed by atoms with Gasteiger partial charge in [0.1, 0.15) is 35.9 Å². The molecule has 2 N–H and O–H groups in total. The lowest BCUT2D eigenvalue weighted by atomic mass is 10.1. The topological polar surface area (TPSA) is 101 Å². The Morgan fingerprint density at radius 1 is 1.09 bits per heavy atom. The first kappa shape index (κ1) is 22.5. The Morgan fingerprint density at radius 2 is 1.91 bits per heavy atom. The molecule has 0 fully saturated rings. The second-order valence-corrected chi connectivity index (χ2v) is 10.1. The van der Waals surface area contributed by atoms with Crippen LogP contribution in [0.1, 0.15) is 11.7 Å². The number of para-hydroxylation sites is 1. The SMILES string of the molecule is CS(=O)(=O)N1CCOc2ccc(C(O)CNCCOc3ccc4c(c3)oc3ccccc34)cc21. The maximum atomic E-state index is 12.1. The minimum atomic E-state index is -3.42. The monoisotopic (exact) mass is 482 g/mol. The quantitative estimate of drug-likeness (QED) is 0.371. The lowest BCUT2D eigenvalue weighted by Crippen LogP contribution is -2.37. The van der Waals surface area contributed by atoms with Crippen LogP contribution >= 0.6 is 0 Å². The molecule has 0 bridgehead atoms. The molecule has 2 heterocycles. The molecule has 0 radical (unpaired) electrons. The van der Waals surface area contributed by atoms with Crippen molar-refractivity contribution < 1.29 is 27.4 Å². The number of nitrogens with zero attached hydrogens (tertiary/aromatic N) is 1. The molecule has 5 rings (SSSR count). The number of benzene rings is 3. The van der Waals surface area contributed by atoms with Crippen LogP contribution in [0.25, 0.3) is 21.9 Å². The zero-order chi connectivity index (χ0) is 23.7. The zero-order valence-corrected chi connectivity index (χ0v) is 19.5. The molecule has 4 aromatic rings. The summed E-state index contributed by atoms with van der Waals surface area (Å²) in [6.07, 6.45) is 0.360. The van der Waals surface area contributed by atoms with Gasteiger partial charge in [-0.05, 0) is 35.9 Å². The first-order valence-corrected chi connectivity index (χ1v) is 12.9. The maximum absolute atomic E-state index is 12.1. The van der Waals surface area contributed by atoms with Gasteiger partial charge in [-0.1, -0.05) is 24.3 Å². The molecular formula is C25H26N2O6S. The van der Waals surface area contributed by atoms with Crippen LogP contribution in [0.4, 0.5) is 5.69 Å². The molecule has 3 aromatic carbocycles. The Bertz CT molecular complexity index is 1430. The van der Waals surface area contributed by atoms with E-state index in [1.165, 1.54) is 10.6 Å². The smallest absolute Gasteiger partial charge is 0.232 e. The normalized spacial score (nSPS) is 14.7. The Morgan fingerprint density at radius 3 is 2.76 bits per heavy atom. The van der Waals surface area contributed by atoms with Crippen LogP contribution in [0, 0.1) is 0 Å². The van der Waals surface area contributed by atoms with Crippen molar-refractivity contribution in [3.8, 4) is 11.5 Å². The van der Waals surface area contributed by atoms with Gasteiger partial charge in [-0.25, -0.2) is 8.42 Å². The van der Waals surface area contributed by atoms with E-state index in [0.717, 1.165) is 21.9 Å². The maximum Gasteiger partial charge on any atom is 0.232 e. The second-order valence-electron chi connectivity index (χ2n) is 8.24. The summed E-state index contributed by atoms with van der Waals surface area (Å²) in [6.45, 7) is 1.79. The Balaban J connectivity index is 1.16. The Labute approximate surface area is 197 Å². The lowest BCUT2D eigenvalue weighted by Gasteiger charge is -2.30. The third kappa shape index (κ3) is 4.54. The number of nitrogens with one attached hydrogen (secondary N) is 1. The number of aliphatic hydroxyl groups is 1. The van der Waals surface area contributed by atoms with E-state index in [2.05, 4.69) is 5.32 Å². The van der Waals surface area contributed by atoms with Crippen molar-refractivity contribution in [1.82, 2.24) is 5.32 Å². The van der Waals surface area contributed by atoms with Crippen LogP contribution in [0.5, 0.6) is 11.5 Å². The highest BCUT2D eigenvalue weighted by atomic mass is 32.2. The van der Waals surface area contributed by atoms with Crippen molar-refractivity contribution in [2.24, 2.45) is 0 Å². The van der Waals surface area contributed by atoms with Gasteiger partial charge in [0.25, 0.3) is 0 Å². The zero-order valence-electron chi connectivity index (χ0n) is 18.7. The number of rotatable bonds is 8. The third-order valence-electron chi connectivity index (χ3n) is 5.82. The molecule has 1 unspecified atom stereocenters. The molecule has 178 valence electrons. The number of hydrogen-bond donors (Lipinski definition) is 2. The standard InChI is InChI=1S/C25H26N2O6S/c1-34(29,30)27-11-13-32-24-9-6-17(14-21(24)27)22(28)16-26-10-12-31-18-7-8-20-19-4-2-3-5-23(19)33-25(20)15-18/h2-9,14-15,22,26,28H,10-13,16H2,1H3. The fourth-order valence-corrected chi connectivity index (χ4v) is 5.06. The largest absolute Gasteiger partial charge is 0.492 e. The average molecular weight is 483 g/mol. The summed E-state index contributed by atoms with van der Waals surface area (Å²) >= 11 is 0. The lowest BCUT2D eigenvalue weighted by molar-refractivity contribution is 0.172. The molecule has 1 atom stereocenters. The molecule has 1 aliphatic heterocycles. The van der Waals surface area contributed by atoms with E-state index in [9.17, 15) is 13.5 Å². The number of furan rings is 1. The van der Waals surface area contributed by atoms with Gasteiger partial charge >= 0.3 is 0 Å². The number of fused-ring (bicyclic) bond motifs is 4. The number of hydrogen-bond acceptors (Lipinski definition) is 7. The first-order chi connectivity index (χ1) is 16.4. The van der Waals surface area contributed by atoms with Gasteiger partial charge in [-0.3, -0.25) is 4.31 Å². The summed E-state index contributed by atoms with van der Waals surface area (Å²) in [5.41, 5.74) is 2.69. The molecule has 0 amide bonds. The second kappa shape index (κ2) is 9.17. The summed E-state index contributed by atoms with van der Waals surface area (Å²) in [7, 11) is -3.42. The van der Waals surface area contributed by atoms with Crippen molar-refractivity contribution in [2.75, 3.05) is 43.4 Å². The van der Waals surface area contributed by atoms with Crippen LogP contribution in [-0.4, -0.2) is 52.6 Å². The Kier molecular flexibility index (Phi) is 6.07. The molecule has 1 aliphatic rings. The average Bonchev–Trinajstić information content (AvgIpc) is 3.20. The summed E-state index contributed by atoms with van der Waals surface area (Å²) in [5, 5.41) is 15.9. The molecule has 8 nitrogen and oxygen atoms in total. The van der Waals surface area contributed by atoms with Crippen LogP contribution in [-0.2, 0) is 10.0 Å². The van der Waals surface area contributed by atoms with Crippen molar-refractivity contribution in [1.29, 1.82) is 0 Å². The third-order valence-corrected chi connectivity index (χ3v) is 7.00. The highest BCUT2D eigenvalue weighted by Crippen LogP contribution is 2.35. The van der Waals surface area contributed by atoms with Crippen LogP contribution < -0.4 is 19.1 Å². The van der Waals surface area contributed by atoms with E-state index in [1.54, 1.807) is 18.2 Å². The minimum absolute atomic E-state index is 0.251. The van der Waals surface area contributed by atoms with Gasteiger partial charge in [-0.2, -0.15) is 0 Å². The molecule has 9 heteroatoms. The predicted octanol–water partition coefficient (Wildman–Crippen LogP) is 3.45. The summed E-state index contributed by atoms with van der Waals surface area (Å²) < 4.78 is 42.8. The van der Waals surface area contributed by atoms with E-state index in [0.29, 0.717) is 49.1 Å². The van der Waals surface area contributed by atoms with Crippen molar-refractivity contribution in [2.45, 2.75) is 6.10 Å². The van der Waals surface area contributed by atoms with Crippen LogP contribution in [0.15, 0.2) is 65.1 Å². The fraction of sp³-hybridized carbons (Fsp3) is 0.280. The molecule has 34 heavy (non-hydrogen) atoms. The summed E-state index contributed by atoms with van der Waals surface area (Å²) in [4.78, 5) is 0. The van der Waals surface area contributed by atoms with Crippen molar-refractivity contribution >= 4 is 37.6 Å². The van der Waals surface area contributed by atoms with Crippen molar-refractivity contribution in [3.63, 3.8) is 0 Å². The van der Waals surface area contributed by atoms with E-state index in [1.807, 2.05) is 42.5 Å². The van der Waals surface area contributed by atoms with Crippen LogP contribution in [0.2, 0.25) is 0 Å². The molecule has 0 aliphatic carbocycles. The van der Waals surface area contributed by atoms with Gasteiger partial charge in [0.05, 0.1) is 24.6 Å². The first-order valence-electron chi connectivity index (χ1n) is 11.1. The number of anilines is 1. The number of aliphatic hydroxyl groups excluding tert-OH is 1. The summed E-state index contributed by atoms with van der Waals surface area (Å²) in [6, 6.07) is 18.8. The van der Waals surface area contributed by atoms with Gasteiger partial charge in [0, 0.05) is 29.9 Å². The van der Waals surface area contributed by atoms with E-state index >= 15 is 0 Å². The van der Waals surface area contributed by atoms with Gasteiger partial charge in [-0.15, -0.1) is 0 Å². The molecule has 0 spiro atoms. The molecule has 1 aromatic heterocycles. The van der Waals surface area contributed by atoms with E-state index < -0.39 is 16.1 Å². The number of ether oxygens (including phenoxy) is 2. The fourth-order valence-electron chi connectivity index (χ4n) is 4.16. The Hall–Kier alpha value is -3.27. The highest BCUT2D eigenvalue weighted by Gasteiger charge is 2.26. The van der Waals surface area contributed by atoms with Crippen LogP contribution in [0.3, 0.4) is 0 Å². The summed E-state index contributed by atoms with van der Waals surface area (Å²) in [5.74, 6) is 1.21. The predicted molar refractivity (Wildman–Crippen MR) is 131 cm³/mol. The highest BCUT2D eigenvalue weighted by molar-refractivity contribution is 7.92. The molecule has 0 saturated heterocycles. The molecule has 0 saturated carbocycles.